The van der Waals surface area contributed by atoms with E-state index in [9.17, 15) is 22.4 Å². The second kappa shape index (κ2) is 11.9. The van der Waals surface area contributed by atoms with Crippen molar-refractivity contribution in [3.8, 4) is 0 Å². The Bertz CT molecular complexity index is 1300. The normalized spacial score (nSPS) is 12.2. The van der Waals surface area contributed by atoms with Crippen LogP contribution in [-0.4, -0.2) is 56.1 Å². The van der Waals surface area contributed by atoms with Crippen LogP contribution in [0.4, 0.5) is 4.39 Å². The minimum absolute atomic E-state index is 0.0520. The second-order valence-electron chi connectivity index (χ2n) is 8.51. The van der Waals surface area contributed by atoms with Crippen LogP contribution in [-0.2, 0) is 32.6 Å². The summed E-state index contributed by atoms with van der Waals surface area (Å²) < 4.78 is 41.7. The number of aryl methyl sites for hydroxylation is 1. The molecule has 0 spiro atoms. The van der Waals surface area contributed by atoms with Crippen LogP contribution in [0.1, 0.15) is 16.7 Å². The summed E-state index contributed by atoms with van der Waals surface area (Å²) in [5.74, 6) is -1.58. The summed E-state index contributed by atoms with van der Waals surface area (Å²) in [6.45, 7) is 1.12. The zero-order valence-corrected chi connectivity index (χ0v) is 21.3. The molecule has 0 radical (unpaired) electrons. The summed E-state index contributed by atoms with van der Waals surface area (Å²) in [6, 6.07) is 20.4. The molecule has 0 saturated carbocycles. The van der Waals surface area contributed by atoms with Crippen LogP contribution in [0, 0.1) is 12.7 Å². The number of amides is 2. The van der Waals surface area contributed by atoms with Crippen LogP contribution in [0.15, 0.2) is 83.8 Å². The molecule has 0 fully saturated rings. The smallest absolute Gasteiger partial charge is 0.243 e. The maximum Gasteiger partial charge on any atom is 0.243 e. The Hall–Kier alpha value is -3.56. The summed E-state index contributed by atoms with van der Waals surface area (Å²) in [6.07, 6.45) is 0.176. The van der Waals surface area contributed by atoms with Crippen LogP contribution in [0.3, 0.4) is 0 Å². The molecule has 36 heavy (non-hydrogen) atoms. The summed E-state index contributed by atoms with van der Waals surface area (Å²) >= 11 is 0. The van der Waals surface area contributed by atoms with E-state index in [0.717, 1.165) is 15.4 Å². The van der Waals surface area contributed by atoms with Crippen molar-refractivity contribution in [2.75, 3.05) is 20.6 Å². The Kier molecular flexibility index (Phi) is 8.95. The fourth-order valence-corrected chi connectivity index (χ4v) is 4.91. The van der Waals surface area contributed by atoms with E-state index in [0.29, 0.717) is 0 Å². The lowest BCUT2D eigenvalue weighted by molar-refractivity contribution is -0.141. The van der Waals surface area contributed by atoms with Gasteiger partial charge in [0.1, 0.15) is 11.9 Å². The maximum atomic E-state index is 14.5. The standard InChI is InChI=1S/C27H30FN3O4S/c1-20-13-15-23(16-14-20)36(34,35)30(3)19-26(32)31(18-22-11-7-8-12-24(22)28)25(27(33)29-2)17-21-9-5-4-6-10-21/h4-16,25H,17-19H2,1-3H3,(H,29,33)/t25-/m0/s1. The fourth-order valence-electron chi connectivity index (χ4n) is 3.79. The molecule has 0 aliphatic carbocycles. The monoisotopic (exact) mass is 511 g/mol. The number of likely N-dealkylation sites (N-methyl/N-ethyl adjacent to an activating group) is 2. The van der Waals surface area contributed by atoms with Crippen LogP contribution < -0.4 is 5.32 Å². The summed E-state index contributed by atoms with van der Waals surface area (Å²) in [7, 11) is -1.20. The summed E-state index contributed by atoms with van der Waals surface area (Å²) in [5, 5.41) is 2.58. The van der Waals surface area contributed by atoms with Crippen molar-refractivity contribution in [1.29, 1.82) is 0 Å². The molecule has 9 heteroatoms. The zero-order valence-electron chi connectivity index (χ0n) is 20.5. The van der Waals surface area contributed by atoms with Gasteiger partial charge in [-0.2, -0.15) is 4.31 Å². The molecular formula is C27H30FN3O4S. The second-order valence-corrected chi connectivity index (χ2v) is 10.6. The minimum atomic E-state index is -3.96. The van der Waals surface area contributed by atoms with Crippen LogP contribution in [0.25, 0.3) is 0 Å². The van der Waals surface area contributed by atoms with Crippen molar-refractivity contribution < 1.29 is 22.4 Å². The predicted octanol–water partition coefficient (Wildman–Crippen LogP) is 3.14. The van der Waals surface area contributed by atoms with Gasteiger partial charge in [0.05, 0.1) is 11.4 Å². The molecule has 7 nitrogen and oxygen atoms in total. The molecule has 0 aliphatic heterocycles. The highest BCUT2D eigenvalue weighted by atomic mass is 32.2. The third-order valence-electron chi connectivity index (χ3n) is 5.90. The number of hydrogen-bond acceptors (Lipinski definition) is 4. The van der Waals surface area contributed by atoms with E-state index < -0.39 is 40.2 Å². The molecule has 3 rings (SSSR count). The van der Waals surface area contributed by atoms with Crippen molar-refractivity contribution in [3.05, 3.63) is 101 Å². The highest BCUT2D eigenvalue weighted by Crippen LogP contribution is 2.19. The first-order valence-electron chi connectivity index (χ1n) is 11.4. The Morgan fingerprint density at radius 2 is 1.56 bits per heavy atom. The molecule has 3 aromatic rings. The van der Waals surface area contributed by atoms with E-state index in [4.69, 9.17) is 0 Å². The van der Waals surface area contributed by atoms with E-state index in [-0.39, 0.29) is 23.4 Å². The third-order valence-corrected chi connectivity index (χ3v) is 7.72. The quantitative estimate of drug-likeness (QED) is 0.453. The van der Waals surface area contributed by atoms with Gasteiger partial charge < -0.3 is 10.2 Å². The molecule has 3 aromatic carbocycles. The van der Waals surface area contributed by atoms with E-state index >= 15 is 0 Å². The Morgan fingerprint density at radius 1 is 0.944 bits per heavy atom. The fraction of sp³-hybridized carbons (Fsp3) is 0.259. The number of carbonyl (C=O) groups is 2. The lowest BCUT2D eigenvalue weighted by Crippen LogP contribution is -2.52. The van der Waals surface area contributed by atoms with Crippen molar-refractivity contribution in [2.24, 2.45) is 0 Å². The van der Waals surface area contributed by atoms with Gasteiger partial charge >= 0.3 is 0 Å². The average molecular weight is 512 g/mol. The molecule has 0 saturated heterocycles. The number of benzene rings is 3. The highest BCUT2D eigenvalue weighted by Gasteiger charge is 2.33. The predicted molar refractivity (Wildman–Crippen MR) is 136 cm³/mol. The number of sulfonamides is 1. The molecule has 190 valence electrons. The molecule has 0 bridgehead atoms. The molecule has 1 atom stereocenters. The van der Waals surface area contributed by atoms with Gasteiger partial charge in [-0.1, -0.05) is 66.2 Å². The van der Waals surface area contributed by atoms with Gasteiger partial charge in [0, 0.05) is 32.6 Å². The number of hydrogen-bond donors (Lipinski definition) is 1. The van der Waals surface area contributed by atoms with Crippen LogP contribution in [0.5, 0.6) is 0 Å². The Labute approximate surface area is 211 Å². The maximum absolute atomic E-state index is 14.5. The average Bonchev–Trinajstić information content (AvgIpc) is 2.87. The van der Waals surface area contributed by atoms with Crippen molar-refractivity contribution in [1.82, 2.24) is 14.5 Å². The van der Waals surface area contributed by atoms with Crippen molar-refractivity contribution in [2.45, 2.75) is 30.8 Å². The molecule has 0 unspecified atom stereocenters. The number of halogens is 1. The topological polar surface area (TPSA) is 86.8 Å². The SMILES string of the molecule is CNC(=O)[C@H](Cc1ccccc1)N(Cc1ccccc1F)C(=O)CN(C)S(=O)(=O)c1ccc(C)cc1. The first kappa shape index (κ1) is 27.0. The first-order chi connectivity index (χ1) is 17.1. The van der Waals surface area contributed by atoms with E-state index in [2.05, 4.69) is 5.32 Å². The molecule has 1 N–H and O–H groups in total. The number of nitrogens with one attached hydrogen (secondary N) is 1. The zero-order chi connectivity index (χ0) is 26.3. The Morgan fingerprint density at radius 3 is 2.17 bits per heavy atom. The van der Waals surface area contributed by atoms with Crippen molar-refractivity contribution >= 4 is 21.8 Å². The van der Waals surface area contributed by atoms with Gasteiger partial charge in [0.25, 0.3) is 0 Å². The molecule has 0 aliphatic rings. The van der Waals surface area contributed by atoms with Crippen molar-refractivity contribution in [3.63, 3.8) is 0 Å². The van der Waals surface area contributed by atoms with E-state index in [1.807, 2.05) is 37.3 Å². The van der Waals surface area contributed by atoms with E-state index in [1.165, 1.54) is 49.3 Å². The lowest BCUT2D eigenvalue weighted by Gasteiger charge is -2.32. The third kappa shape index (κ3) is 6.56. The van der Waals surface area contributed by atoms with E-state index in [1.54, 1.807) is 18.2 Å². The van der Waals surface area contributed by atoms with Gasteiger partial charge in [0.15, 0.2) is 0 Å². The summed E-state index contributed by atoms with van der Waals surface area (Å²) in [5.41, 5.74) is 1.92. The van der Waals surface area contributed by atoms with Crippen LogP contribution >= 0.6 is 0 Å². The van der Waals surface area contributed by atoms with Gasteiger partial charge in [0.2, 0.25) is 21.8 Å². The molecule has 0 aromatic heterocycles. The first-order valence-corrected chi connectivity index (χ1v) is 12.9. The largest absolute Gasteiger partial charge is 0.357 e. The number of rotatable bonds is 10. The van der Waals surface area contributed by atoms with Gasteiger partial charge in [-0.15, -0.1) is 0 Å². The summed E-state index contributed by atoms with van der Waals surface area (Å²) in [4.78, 5) is 27.8. The van der Waals surface area contributed by atoms with Gasteiger partial charge in [-0.05, 0) is 30.7 Å². The lowest BCUT2D eigenvalue weighted by atomic mass is 10.0. The minimum Gasteiger partial charge on any atom is -0.357 e. The molecule has 0 heterocycles. The number of carbonyl (C=O) groups excluding carboxylic acids is 2. The van der Waals surface area contributed by atoms with Gasteiger partial charge in [-0.25, -0.2) is 12.8 Å². The molecule has 2 amide bonds. The Balaban J connectivity index is 1.95. The van der Waals surface area contributed by atoms with Crippen LogP contribution in [0.2, 0.25) is 0 Å². The molecular weight excluding hydrogens is 481 g/mol. The number of nitrogens with zero attached hydrogens (tertiary/aromatic N) is 2. The van der Waals surface area contributed by atoms with Gasteiger partial charge in [-0.3, -0.25) is 9.59 Å². The highest BCUT2D eigenvalue weighted by molar-refractivity contribution is 7.89.